The number of rotatable bonds is 3. The number of carbonyl (C=O) groups is 1. The van der Waals surface area contributed by atoms with E-state index >= 15 is 0 Å². The van der Waals surface area contributed by atoms with Crippen LogP contribution in [0.5, 0.6) is 0 Å². The first-order valence-corrected chi connectivity index (χ1v) is 9.83. The number of alkyl halides is 2. The number of para-hydroxylation sites is 1. The Balaban J connectivity index is 1.49. The van der Waals surface area contributed by atoms with Crippen LogP contribution >= 0.6 is 11.3 Å². The summed E-state index contributed by atoms with van der Waals surface area (Å²) in [6.07, 6.45) is -2.91. The molecule has 0 radical (unpaired) electrons. The van der Waals surface area contributed by atoms with Crippen molar-refractivity contribution in [3.63, 3.8) is 0 Å². The first-order chi connectivity index (χ1) is 12.9. The van der Waals surface area contributed by atoms with Crippen molar-refractivity contribution in [2.75, 3.05) is 24.5 Å². The maximum atomic E-state index is 14.4. The fraction of sp³-hybridized carbons (Fsp3) is 0.474. The van der Waals surface area contributed by atoms with Gasteiger partial charge in [0.25, 0.3) is 0 Å². The van der Waals surface area contributed by atoms with Gasteiger partial charge in [-0.2, -0.15) is 8.78 Å². The van der Waals surface area contributed by atoms with E-state index in [0.29, 0.717) is 38.2 Å². The minimum atomic E-state index is -3.80. The number of hydrogen-bond donors (Lipinski definition) is 0. The third-order valence-corrected chi connectivity index (χ3v) is 5.99. The summed E-state index contributed by atoms with van der Waals surface area (Å²) in [7, 11) is 0. The molecular weight excluding hydrogens is 372 g/mol. The molecular formula is C19H21F2N3O2S. The van der Waals surface area contributed by atoms with Crippen LogP contribution in [0.2, 0.25) is 0 Å². The molecule has 2 aliphatic heterocycles. The summed E-state index contributed by atoms with van der Waals surface area (Å²) in [5.74, 6) is -1.29. The number of aryl methyl sites for hydroxylation is 1. The van der Waals surface area contributed by atoms with Crippen LogP contribution in [0.4, 0.5) is 14.5 Å². The van der Waals surface area contributed by atoms with Crippen LogP contribution in [0.15, 0.2) is 35.7 Å². The smallest absolute Gasteiger partial charge is 0.304 e. The number of hydrogen-bond acceptors (Lipinski definition) is 5. The van der Waals surface area contributed by atoms with E-state index in [1.54, 1.807) is 41.7 Å². The number of thiazole rings is 1. The first-order valence-electron chi connectivity index (χ1n) is 8.95. The number of carbonyl (C=O) groups excluding carboxylic acids is 1. The molecule has 8 heteroatoms. The third kappa shape index (κ3) is 3.74. The lowest BCUT2D eigenvalue weighted by Gasteiger charge is -2.48. The van der Waals surface area contributed by atoms with Gasteiger partial charge in [-0.05, 0) is 31.9 Å². The Morgan fingerprint density at radius 2 is 1.93 bits per heavy atom. The van der Waals surface area contributed by atoms with Crippen molar-refractivity contribution in [2.24, 2.45) is 0 Å². The standard InChI is InChI=1S/C19H21F2N3O2S/c1-14-22-15(12-27-14)11-23-9-7-18(8-10-23)13-24(16-5-3-2-4-6-16)17(25)19(20,21)26-18/h2-6,12H,7-11,13H2,1H3. The van der Waals surface area contributed by atoms with Crippen molar-refractivity contribution in [3.05, 3.63) is 46.4 Å². The van der Waals surface area contributed by atoms with Crippen molar-refractivity contribution in [1.82, 2.24) is 9.88 Å². The van der Waals surface area contributed by atoms with E-state index in [9.17, 15) is 13.6 Å². The lowest BCUT2D eigenvalue weighted by molar-refractivity contribution is -0.293. The van der Waals surface area contributed by atoms with Gasteiger partial charge in [0, 0.05) is 30.7 Å². The molecule has 0 unspecified atom stereocenters. The summed E-state index contributed by atoms with van der Waals surface area (Å²) >= 11 is 1.61. The molecule has 5 nitrogen and oxygen atoms in total. The third-order valence-electron chi connectivity index (χ3n) is 5.17. The quantitative estimate of drug-likeness (QED) is 0.801. The second kappa shape index (κ2) is 6.92. The Morgan fingerprint density at radius 1 is 1.22 bits per heavy atom. The van der Waals surface area contributed by atoms with E-state index in [-0.39, 0.29) is 6.54 Å². The van der Waals surface area contributed by atoms with E-state index < -0.39 is 17.6 Å². The van der Waals surface area contributed by atoms with Gasteiger partial charge < -0.3 is 9.64 Å². The van der Waals surface area contributed by atoms with Crippen LogP contribution in [-0.4, -0.2) is 47.1 Å². The summed E-state index contributed by atoms with van der Waals surface area (Å²) in [5.41, 5.74) is 0.455. The number of piperidine rings is 1. The topological polar surface area (TPSA) is 45.7 Å². The molecule has 1 spiro atoms. The van der Waals surface area contributed by atoms with Gasteiger partial charge in [-0.1, -0.05) is 18.2 Å². The number of likely N-dealkylation sites (tertiary alicyclic amines) is 1. The summed E-state index contributed by atoms with van der Waals surface area (Å²) < 4.78 is 33.9. The molecule has 0 atom stereocenters. The van der Waals surface area contributed by atoms with Gasteiger partial charge in [-0.3, -0.25) is 9.69 Å². The van der Waals surface area contributed by atoms with Gasteiger partial charge in [0.05, 0.1) is 22.8 Å². The fourth-order valence-electron chi connectivity index (χ4n) is 3.77. The fourth-order valence-corrected chi connectivity index (χ4v) is 4.37. The van der Waals surface area contributed by atoms with Gasteiger partial charge in [0.1, 0.15) is 0 Å². The Morgan fingerprint density at radius 3 is 2.56 bits per heavy atom. The number of morpholine rings is 1. The highest BCUT2D eigenvalue weighted by Crippen LogP contribution is 2.40. The summed E-state index contributed by atoms with van der Waals surface area (Å²) in [6, 6.07) is 8.61. The first kappa shape index (κ1) is 18.5. The summed E-state index contributed by atoms with van der Waals surface area (Å²) in [6.45, 7) is 4.08. The van der Waals surface area contributed by atoms with E-state index in [1.807, 2.05) is 12.3 Å². The van der Waals surface area contributed by atoms with Crippen LogP contribution in [0.3, 0.4) is 0 Å². The molecule has 4 rings (SSSR count). The minimum Gasteiger partial charge on any atom is -0.304 e. The molecule has 3 heterocycles. The normalized spacial score (nSPS) is 22.3. The zero-order chi connectivity index (χ0) is 19.1. The SMILES string of the molecule is Cc1nc(CN2CCC3(CC2)CN(c2ccccc2)C(=O)C(F)(F)O3)cs1. The zero-order valence-electron chi connectivity index (χ0n) is 15.0. The number of aromatic nitrogens is 1. The number of amides is 1. The average molecular weight is 393 g/mol. The maximum Gasteiger partial charge on any atom is 0.437 e. The van der Waals surface area contributed by atoms with Crippen LogP contribution in [0.25, 0.3) is 0 Å². The van der Waals surface area contributed by atoms with E-state index in [0.717, 1.165) is 10.7 Å². The van der Waals surface area contributed by atoms with Crippen molar-refractivity contribution in [2.45, 2.75) is 38.0 Å². The number of anilines is 1. The van der Waals surface area contributed by atoms with Gasteiger partial charge in [0.2, 0.25) is 0 Å². The van der Waals surface area contributed by atoms with Crippen molar-refractivity contribution >= 4 is 22.9 Å². The lowest BCUT2D eigenvalue weighted by Crippen LogP contribution is -2.64. The second-order valence-electron chi connectivity index (χ2n) is 7.16. The molecule has 27 heavy (non-hydrogen) atoms. The van der Waals surface area contributed by atoms with Crippen molar-refractivity contribution < 1.29 is 18.3 Å². The molecule has 2 saturated heterocycles. The van der Waals surface area contributed by atoms with Crippen LogP contribution < -0.4 is 4.90 Å². The molecule has 0 saturated carbocycles. The van der Waals surface area contributed by atoms with Crippen LogP contribution in [0, 0.1) is 6.92 Å². The number of ether oxygens (including phenoxy) is 1. The van der Waals surface area contributed by atoms with E-state index in [1.165, 1.54) is 4.90 Å². The summed E-state index contributed by atoms with van der Waals surface area (Å²) in [5, 5.41) is 3.05. The molecule has 1 aromatic heterocycles. The van der Waals surface area contributed by atoms with Crippen molar-refractivity contribution in [1.29, 1.82) is 0 Å². The average Bonchev–Trinajstić information content (AvgIpc) is 3.06. The molecule has 144 valence electrons. The van der Waals surface area contributed by atoms with Gasteiger partial charge in [-0.25, -0.2) is 4.98 Å². The predicted molar refractivity (Wildman–Crippen MR) is 98.9 cm³/mol. The molecule has 1 amide bonds. The van der Waals surface area contributed by atoms with E-state index in [4.69, 9.17) is 4.74 Å². The molecule has 2 aliphatic rings. The highest BCUT2D eigenvalue weighted by atomic mass is 32.1. The maximum absolute atomic E-state index is 14.4. The number of halogens is 2. The number of nitrogens with zero attached hydrogens (tertiary/aromatic N) is 3. The Hall–Kier alpha value is -1.90. The van der Waals surface area contributed by atoms with E-state index in [2.05, 4.69) is 9.88 Å². The molecule has 0 aliphatic carbocycles. The van der Waals surface area contributed by atoms with Gasteiger partial charge in [0.15, 0.2) is 0 Å². The predicted octanol–water partition coefficient (Wildman–Crippen LogP) is 3.44. The molecule has 0 N–H and O–H groups in total. The Labute approximate surface area is 160 Å². The highest BCUT2D eigenvalue weighted by molar-refractivity contribution is 7.09. The van der Waals surface area contributed by atoms with Crippen LogP contribution in [0.1, 0.15) is 23.5 Å². The molecule has 2 aromatic rings. The second-order valence-corrected chi connectivity index (χ2v) is 8.22. The highest BCUT2D eigenvalue weighted by Gasteiger charge is 2.57. The summed E-state index contributed by atoms with van der Waals surface area (Å²) in [4.78, 5) is 20.0. The number of benzene rings is 1. The van der Waals surface area contributed by atoms with Gasteiger partial charge >= 0.3 is 12.0 Å². The van der Waals surface area contributed by atoms with Gasteiger partial charge in [-0.15, -0.1) is 11.3 Å². The monoisotopic (exact) mass is 393 g/mol. The molecule has 2 fully saturated rings. The Bertz CT molecular complexity index is 819. The largest absolute Gasteiger partial charge is 0.437 e. The lowest BCUT2D eigenvalue weighted by atomic mass is 9.88. The minimum absolute atomic E-state index is 0.148. The molecule has 1 aromatic carbocycles. The zero-order valence-corrected chi connectivity index (χ0v) is 15.8. The Kier molecular flexibility index (Phi) is 4.73. The van der Waals surface area contributed by atoms with Crippen molar-refractivity contribution in [3.8, 4) is 0 Å². The van der Waals surface area contributed by atoms with Crippen LogP contribution in [-0.2, 0) is 16.1 Å². The molecule has 0 bridgehead atoms.